The van der Waals surface area contributed by atoms with E-state index >= 15 is 0 Å². The number of halogens is 4. The van der Waals surface area contributed by atoms with Gasteiger partial charge in [-0.25, -0.2) is 4.98 Å². The van der Waals surface area contributed by atoms with Crippen LogP contribution in [-0.2, 0) is 11.7 Å². The van der Waals surface area contributed by atoms with Gasteiger partial charge in [0.05, 0.1) is 11.2 Å². The molecule has 0 atom stereocenters. The van der Waals surface area contributed by atoms with Crippen molar-refractivity contribution in [3.05, 3.63) is 52.4 Å². The van der Waals surface area contributed by atoms with Gasteiger partial charge in [-0.1, -0.05) is 11.6 Å². The maximum absolute atomic E-state index is 13.3. The second-order valence-electron chi connectivity index (χ2n) is 7.23. The zero-order valence-electron chi connectivity index (χ0n) is 15.4. The van der Waals surface area contributed by atoms with E-state index in [0.29, 0.717) is 35.7 Å². The second kappa shape index (κ2) is 6.63. The molecule has 0 aliphatic carbocycles. The van der Waals surface area contributed by atoms with Crippen molar-refractivity contribution in [2.45, 2.75) is 25.6 Å². The van der Waals surface area contributed by atoms with Crippen molar-refractivity contribution in [1.82, 2.24) is 20.1 Å². The molecule has 1 aliphatic heterocycles. The van der Waals surface area contributed by atoms with Crippen LogP contribution in [0.1, 0.15) is 17.1 Å². The number of aromatic nitrogens is 3. The third-order valence-electron chi connectivity index (χ3n) is 5.04. The Morgan fingerprint density at radius 3 is 2.54 bits per heavy atom. The molecule has 28 heavy (non-hydrogen) atoms. The molecule has 2 N–H and O–H groups in total. The first-order valence-corrected chi connectivity index (χ1v) is 9.22. The molecule has 1 aliphatic rings. The van der Waals surface area contributed by atoms with Crippen molar-refractivity contribution in [2.24, 2.45) is 0 Å². The van der Waals surface area contributed by atoms with E-state index in [1.54, 1.807) is 6.07 Å². The van der Waals surface area contributed by atoms with Gasteiger partial charge in [-0.15, -0.1) is 0 Å². The predicted molar refractivity (Wildman–Crippen MR) is 103 cm³/mol. The molecule has 0 saturated carbocycles. The van der Waals surface area contributed by atoms with Gasteiger partial charge >= 0.3 is 6.18 Å². The summed E-state index contributed by atoms with van der Waals surface area (Å²) in [5.74, 6) is 0. The molecule has 0 radical (unpaired) electrons. The Morgan fingerprint density at radius 2 is 1.96 bits per heavy atom. The highest BCUT2D eigenvalue weighted by Gasteiger charge is 2.41. The van der Waals surface area contributed by atoms with Crippen LogP contribution in [0.2, 0.25) is 5.02 Å². The molecular formula is C19H19ClF3N5. The molecular weight excluding hydrogens is 391 g/mol. The first kappa shape index (κ1) is 19.0. The maximum atomic E-state index is 13.3. The van der Waals surface area contributed by atoms with Gasteiger partial charge in [0.25, 0.3) is 0 Å². The van der Waals surface area contributed by atoms with E-state index in [2.05, 4.69) is 20.7 Å². The SMILES string of the molecule is Cc1cc(C)n(C2(CNc3cc(C(F)(F)F)nc4ccc(Cl)cc34)CNC2)n1. The Morgan fingerprint density at radius 1 is 1.21 bits per heavy atom. The lowest BCUT2D eigenvalue weighted by atomic mass is 9.92. The van der Waals surface area contributed by atoms with E-state index in [1.165, 1.54) is 12.1 Å². The van der Waals surface area contributed by atoms with Gasteiger partial charge in [0.1, 0.15) is 11.2 Å². The predicted octanol–water partition coefficient (Wildman–Crippen LogP) is 4.13. The molecule has 3 aromatic rings. The molecule has 148 valence electrons. The van der Waals surface area contributed by atoms with E-state index in [0.717, 1.165) is 17.5 Å². The number of nitrogens with one attached hydrogen (secondary N) is 2. The fourth-order valence-corrected chi connectivity index (χ4v) is 3.79. The van der Waals surface area contributed by atoms with Gasteiger partial charge in [-0.05, 0) is 44.2 Å². The zero-order chi connectivity index (χ0) is 20.1. The molecule has 1 saturated heterocycles. The summed E-state index contributed by atoms with van der Waals surface area (Å²) in [4.78, 5) is 3.75. The second-order valence-corrected chi connectivity index (χ2v) is 7.67. The van der Waals surface area contributed by atoms with E-state index in [1.807, 2.05) is 24.6 Å². The zero-order valence-corrected chi connectivity index (χ0v) is 16.1. The van der Waals surface area contributed by atoms with Crippen LogP contribution in [0, 0.1) is 13.8 Å². The minimum atomic E-state index is -4.53. The van der Waals surface area contributed by atoms with Crippen molar-refractivity contribution in [3.8, 4) is 0 Å². The van der Waals surface area contributed by atoms with Crippen molar-refractivity contribution >= 4 is 28.2 Å². The number of nitrogens with zero attached hydrogens (tertiary/aromatic N) is 3. The summed E-state index contributed by atoms with van der Waals surface area (Å²) in [6, 6.07) is 7.69. The summed E-state index contributed by atoms with van der Waals surface area (Å²) in [5, 5.41) is 12.0. The highest BCUT2D eigenvalue weighted by Crippen LogP contribution is 2.35. The number of alkyl halides is 3. The van der Waals surface area contributed by atoms with Gasteiger partial charge in [-0.2, -0.15) is 18.3 Å². The lowest BCUT2D eigenvalue weighted by Crippen LogP contribution is -2.64. The average molecular weight is 410 g/mol. The number of benzene rings is 1. The monoisotopic (exact) mass is 409 g/mol. The number of anilines is 1. The van der Waals surface area contributed by atoms with Crippen molar-refractivity contribution in [2.75, 3.05) is 25.0 Å². The van der Waals surface area contributed by atoms with E-state index in [-0.39, 0.29) is 11.1 Å². The highest BCUT2D eigenvalue weighted by atomic mass is 35.5. The lowest BCUT2D eigenvalue weighted by molar-refractivity contribution is -0.140. The number of pyridine rings is 1. The van der Waals surface area contributed by atoms with Crippen LogP contribution < -0.4 is 10.6 Å². The molecule has 0 bridgehead atoms. The first-order chi connectivity index (χ1) is 13.2. The maximum Gasteiger partial charge on any atom is 0.433 e. The third kappa shape index (κ3) is 3.31. The quantitative estimate of drug-likeness (QED) is 0.680. The molecule has 4 rings (SSSR count). The van der Waals surface area contributed by atoms with Crippen molar-refractivity contribution in [1.29, 1.82) is 0 Å². The van der Waals surface area contributed by atoms with Gasteiger partial charge < -0.3 is 10.6 Å². The largest absolute Gasteiger partial charge is 0.433 e. The Balaban J connectivity index is 1.72. The minimum absolute atomic E-state index is 0.244. The Bertz CT molecular complexity index is 1040. The summed E-state index contributed by atoms with van der Waals surface area (Å²) in [6.07, 6.45) is -4.53. The van der Waals surface area contributed by atoms with Gasteiger partial charge in [0.2, 0.25) is 0 Å². The Hall–Kier alpha value is -2.32. The van der Waals surface area contributed by atoms with E-state index < -0.39 is 11.9 Å². The topological polar surface area (TPSA) is 54.8 Å². The van der Waals surface area contributed by atoms with Gasteiger partial charge in [0, 0.05) is 41.4 Å². The van der Waals surface area contributed by atoms with Crippen LogP contribution in [-0.4, -0.2) is 34.4 Å². The number of aryl methyl sites for hydroxylation is 2. The molecule has 1 fully saturated rings. The molecule has 3 heterocycles. The molecule has 0 spiro atoms. The smallest absolute Gasteiger partial charge is 0.382 e. The number of hydrogen-bond acceptors (Lipinski definition) is 4. The Labute approximate surface area is 164 Å². The standard InChI is InChI=1S/C19H19ClF3N5/c1-11-5-12(2)28(27-11)18(8-24-9-18)10-25-16-7-17(19(21,22)23)26-15-4-3-13(20)6-14(15)16/h3-7,24H,8-10H2,1-2H3,(H,25,26). The van der Waals surface area contributed by atoms with E-state index in [4.69, 9.17) is 11.6 Å². The summed E-state index contributed by atoms with van der Waals surface area (Å²) in [5.41, 5.74) is 1.24. The summed E-state index contributed by atoms with van der Waals surface area (Å²) in [7, 11) is 0. The lowest BCUT2D eigenvalue weighted by Gasteiger charge is -2.44. The van der Waals surface area contributed by atoms with Crippen molar-refractivity contribution in [3.63, 3.8) is 0 Å². The van der Waals surface area contributed by atoms with Gasteiger partial charge in [-0.3, -0.25) is 4.68 Å². The molecule has 5 nitrogen and oxygen atoms in total. The molecule has 9 heteroatoms. The van der Waals surface area contributed by atoms with Crippen LogP contribution in [0.5, 0.6) is 0 Å². The molecule has 0 amide bonds. The molecule has 0 unspecified atom stereocenters. The van der Waals surface area contributed by atoms with Crippen LogP contribution in [0.15, 0.2) is 30.3 Å². The van der Waals surface area contributed by atoms with Gasteiger partial charge in [0.15, 0.2) is 0 Å². The van der Waals surface area contributed by atoms with Crippen LogP contribution in [0.25, 0.3) is 10.9 Å². The fourth-order valence-electron chi connectivity index (χ4n) is 3.62. The summed E-state index contributed by atoms with van der Waals surface area (Å²) >= 11 is 6.07. The fraction of sp³-hybridized carbons (Fsp3) is 0.368. The minimum Gasteiger partial charge on any atom is -0.382 e. The van der Waals surface area contributed by atoms with Crippen molar-refractivity contribution < 1.29 is 13.2 Å². The third-order valence-corrected chi connectivity index (χ3v) is 5.27. The molecule has 1 aromatic carbocycles. The van der Waals surface area contributed by atoms with Crippen LogP contribution in [0.3, 0.4) is 0 Å². The number of fused-ring (bicyclic) bond motifs is 1. The normalized spacial score (nSPS) is 16.2. The first-order valence-electron chi connectivity index (χ1n) is 8.84. The molecule has 2 aromatic heterocycles. The highest BCUT2D eigenvalue weighted by molar-refractivity contribution is 6.31. The Kier molecular flexibility index (Phi) is 4.50. The summed E-state index contributed by atoms with van der Waals surface area (Å²) < 4.78 is 41.9. The van der Waals surface area contributed by atoms with Crippen LogP contribution in [0.4, 0.5) is 18.9 Å². The van der Waals surface area contributed by atoms with E-state index in [9.17, 15) is 13.2 Å². The number of rotatable bonds is 4. The van der Waals surface area contributed by atoms with Crippen LogP contribution >= 0.6 is 11.6 Å². The average Bonchev–Trinajstić information content (AvgIpc) is 2.91. The number of hydrogen-bond donors (Lipinski definition) is 2. The summed E-state index contributed by atoms with van der Waals surface area (Å²) in [6.45, 7) is 5.68.